The van der Waals surface area contributed by atoms with Crippen LogP contribution in [0.2, 0.25) is 5.28 Å². The van der Waals surface area contributed by atoms with Crippen LogP contribution in [-0.4, -0.2) is 9.97 Å². The third kappa shape index (κ3) is 2.13. The average molecular weight is 257 g/mol. The molecule has 0 fully saturated rings. The maximum absolute atomic E-state index is 5.74. The third-order valence-corrected chi connectivity index (χ3v) is 2.75. The summed E-state index contributed by atoms with van der Waals surface area (Å²) >= 11 is 5.73. The van der Waals surface area contributed by atoms with Gasteiger partial charge in [-0.25, -0.2) is 4.98 Å². The Balaban J connectivity index is 2.05. The Morgan fingerprint density at radius 3 is 2.67 bits per heavy atom. The summed E-state index contributed by atoms with van der Waals surface area (Å²) < 4.78 is 5.74. The molecule has 0 N–H and O–H groups in total. The highest BCUT2D eigenvalue weighted by atomic mass is 35.5. The zero-order valence-corrected chi connectivity index (χ0v) is 10.1. The standard InChI is InChI=1S/C14H9ClN2O/c15-14-16-9-8-13(17-14)18-12-7-3-5-10-4-1-2-6-11(10)12/h1-9H. The van der Waals surface area contributed by atoms with Crippen molar-refractivity contribution in [2.45, 2.75) is 0 Å². The van der Waals surface area contributed by atoms with Crippen molar-refractivity contribution in [3.63, 3.8) is 0 Å². The summed E-state index contributed by atoms with van der Waals surface area (Å²) in [4.78, 5) is 7.83. The molecule has 4 heteroatoms. The molecule has 0 radical (unpaired) electrons. The molecule has 0 saturated heterocycles. The van der Waals surface area contributed by atoms with Crippen LogP contribution >= 0.6 is 11.6 Å². The molecule has 3 aromatic rings. The van der Waals surface area contributed by atoms with Gasteiger partial charge in [0, 0.05) is 17.6 Å². The second-order valence-electron chi connectivity index (χ2n) is 3.74. The van der Waals surface area contributed by atoms with Crippen LogP contribution in [-0.2, 0) is 0 Å². The Morgan fingerprint density at radius 1 is 0.944 bits per heavy atom. The van der Waals surface area contributed by atoms with Crippen LogP contribution in [0.1, 0.15) is 0 Å². The van der Waals surface area contributed by atoms with E-state index in [2.05, 4.69) is 9.97 Å². The fraction of sp³-hybridized carbons (Fsp3) is 0. The second-order valence-corrected chi connectivity index (χ2v) is 4.08. The van der Waals surface area contributed by atoms with E-state index < -0.39 is 0 Å². The van der Waals surface area contributed by atoms with Gasteiger partial charge in [-0.15, -0.1) is 0 Å². The molecule has 0 aliphatic rings. The number of benzene rings is 2. The summed E-state index contributed by atoms with van der Waals surface area (Å²) in [7, 11) is 0. The first-order valence-corrected chi connectivity index (χ1v) is 5.85. The van der Waals surface area contributed by atoms with Gasteiger partial charge in [0.15, 0.2) is 0 Å². The number of nitrogens with zero attached hydrogens (tertiary/aromatic N) is 2. The molecule has 0 atom stereocenters. The maximum atomic E-state index is 5.74. The predicted molar refractivity (Wildman–Crippen MR) is 71.1 cm³/mol. The van der Waals surface area contributed by atoms with E-state index in [0.717, 1.165) is 16.5 Å². The lowest BCUT2D eigenvalue weighted by molar-refractivity contribution is 0.467. The smallest absolute Gasteiger partial charge is 0.225 e. The molecule has 0 bridgehead atoms. The largest absolute Gasteiger partial charge is 0.438 e. The van der Waals surface area contributed by atoms with Crippen molar-refractivity contribution in [3.05, 3.63) is 60.0 Å². The molecule has 0 saturated carbocycles. The maximum Gasteiger partial charge on any atom is 0.225 e. The highest BCUT2D eigenvalue weighted by Gasteiger charge is 2.04. The molecule has 18 heavy (non-hydrogen) atoms. The summed E-state index contributed by atoms with van der Waals surface area (Å²) in [6, 6.07) is 15.6. The zero-order chi connectivity index (χ0) is 12.4. The molecular formula is C14H9ClN2O. The molecule has 0 aliphatic carbocycles. The van der Waals surface area contributed by atoms with E-state index in [-0.39, 0.29) is 5.28 Å². The number of hydrogen-bond donors (Lipinski definition) is 0. The van der Waals surface area contributed by atoms with Crippen molar-refractivity contribution in [1.82, 2.24) is 9.97 Å². The van der Waals surface area contributed by atoms with E-state index in [4.69, 9.17) is 16.3 Å². The summed E-state index contributed by atoms with van der Waals surface area (Å²) in [5.74, 6) is 1.19. The lowest BCUT2D eigenvalue weighted by Gasteiger charge is -2.07. The molecule has 2 aromatic carbocycles. The van der Waals surface area contributed by atoms with Gasteiger partial charge in [0.1, 0.15) is 5.75 Å². The van der Waals surface area contributed by atoms with Gasteiger partial charge in [-0.1, -0.05) is 36.4 Å². The van der Waals surface area contributed by atoms with Crippen molar-refractivity contribution in [2.75, 3.05) is 0 Å². The van der Waals surface area contributed by atoms with Crippen molar-refractivity contribution < 1.29 is 4.74 Å². The number of halogens is 1. The van der Waals surface area contributed by atoms with Crippen LogP contribution in [0.4, 0.5) is 0 Å². The molecule has 3 nitrogen and oxygen atoms in total. The Kier molecular flexibility index (Phi) is 2.82. The number of rotatable bonds is 2. The zero-order valence-electron chi connectivity index (χ0n) is 9.38. The monoisotopic (exact) mass is 256 g/mol. The first-order valence-electron chi connectivity index (χ1n) is 5.47. The minimum absolute atomic E-state index is 0.174. The van der Waals surface area contributed by atoms with Gasteiger partial charge in [-0.2, -0.15) is 4.98 Å². The number of fused-ring (bicyclic) bond motifs is 1. The summed E-state index contributed by atoms with van der Waals surface area (Å²) in [5.41, 5.74) is 0. The summed E-state index contributed by atoms with van der Waals surface area (Å²) in [6.07, 6.45) is 1.57. The summed E-state index contributed by atoms with van der Waals surface area (Å²) in [5, 5.41) is 2.33. The lowest BCUT2D eigenvalue weighted by atomic mass is 10.1. The average Bonchev–Trinajstić information content (AvgIpc) is 2.39. The van der Waals surface area contributed by atoms with Crippen molar-refractivity contribution in [2.24, 2.45) is 0 Å². The molecule has 3 rings (SSSR count). The highest BCUT2D eigenvalue weighted by Crippen LogP contribution is 2.28. The molecule has 0 amide bonds. The molecule has 0 aliphatic heterocycles. The van der Waals surface area contributed by atoms with Gasteiger partial charge in [0.2, 0.25) is 11.2 Å². The summed E-state index contributed by atoms with van der Waals surface area (Å²) in [6.45, 7) is 0. The van der Waals surface area contributed by atoms with Crippen molar-refractivity contribution in [3.8, 4) is 11.6 Å². The van der Waals surface area contributed by atoms with Crippen LogP contribution in [0.3, 0.4) is 0 Å². The van der Waals surface area contributed by atoms with Gasteiger partial charge < -0.3 is 4.74 Å². The molecule has 88 valence electrons. The SMILES string of the molecule is Clc1nccc(Oc2cccc3ccccc23)n1. The van der Waals surface area contributed by atoms with E-state index >= 15 is 0 Å². The van der Waals surface area contributed by atoms with Crippen LogP contribution in [0, 0.1) is 0 Å². The fourth-order valence-corrected chi connectivity index (χ4v) is 1.91. The minimum atomic E-state index is 0.174. The first-order chi connectivity index (χ1) is 8.83. The number of hydrogen-bond acceptors (Lipinski definition) is 3. The van der Waals surface area contributed by atoms with E-state index in [1.165, 1.54) is 0 Å². The van der Waals surface area contributed by atoms with Crippen LogP contribution in [0.5, 0.6) is 11.6 Å². The van der Waals surface area contributed by atoms with E-state index in [0.29, 0.717) is 5.88 Å². The Morgan fingerprint density at radius 2 is 1.78 bits per heavy atom. The van der Waals surface area contributed by atoms with Gasteiger partial charge in [0.05, 0.1) is 0 Å². The van der Waals surface area contributed by atoms with Crippen molar-refractivity contribution >= 4 is 22.4 Å². The third-order valence-electron chi connectivity index (χ3n) is 2.56. The van der Waals surface area contributed by atoms with Crippen molar-refractivity contribution in [1.29, 1.82) is 0 Å². The second kappa shape index (κ2) is 4.63. The number of aromatic nitrogens is 2. The van der Waals surface area contributed by atoms with Gasteiger partial charge in [-0.05, 0) is 23.1 Å². The minimum Gasteiger partial charge on any atom is -0.438 e. The quantitative estimate of drug-likeness (QED) is 0.648. The van der Waals surface area contributed by atoms with Crippen LogP contribution in [0.15, 0.2) is 54.7 Å². The lowest BCUT2D eigenvalue weighted by Crippen LogP contribution is -1.90. The van der Waals surface area contributed by atoms with Crippen LogP contribution in [0.25, 0.3) is 10.8 Å². The first kappa shape index (κ1) is 11.0. The van der Waals surface area contributed by atoms with E-state index in [9.17, 15) is 0 Å². The Hall–Kier alpha value is -2.13. The topological polar surface area (TPSA) is 35.0 Å². The molecule has 1 aromatic heterocycles. The predicted octanol–water partition coefficient (Wildman–Crippen LogP) is 4.08. The molecule has 0 unspecified atom stereocenters. The Labute approximate surface area is 109 Å². The van der Waals surface area contributed by atoms with Gasteiger partial charge in [0.25, 0.3) is 0 Å². The normalized spacial score (nSPS) is 10.5. The molecule has 0 spiro atoms. The molecule has 1 heterocycles. The Bertz CT molecular complexity index is 695. The molecular weight excluding hydrogens is 248 g/mol. The van der Waals surface area contributed by atoms with E-state index in [1.807, 2.05) is 42.5 Å². The van der Waals surface area contributed by atoms with E-state index in [1.54, 1.807) is 12.3 Å². The number of ether oxygens (including phenoxy) is 1. The van der Waals surface area contributed by atoms with Gasteiger partial charge >= 0.3 is 0 Å². The van der Waals surface area contributed by atoms with Gasteiger partial charge in [-0.3, -0.25) is 0 Å². The highest BCUT2D eigenvalue weighted by molar-refractivity contribution is 6.28. The van der Waals surface area contributed by atoms with Crippen LogP contribution < -0.4 is 4.74 Å². The fourth-order valence-electron chi connectivity index (χ4n) is 1.77.